The van der Waals surface area contributed by atoms with Gasteiger partial charge in [0.05, 0.1) is 0 Å². The van der Waals surface area contributed by atoms with Crippen LogP contribution >= 0.6 is 12.4 Å². The fourth-order valence-electron chi connectivity index (χ4n) is 1.75. The first-order chi connectivity index (χ1) is 9.19. The standard InChI is InChI=1S/C15H19N3O.ClH/c1-11(13-7-5-4-6-8-13)9-15-17-14(18-19-15)10-12(2)16-3;/h4-9,12,16H,10H2,1-3H3;1H/b11-9-;. The molecule has 1 atom stereocenters. The van der Waals surface area contributed by atoms with Gasteiger partial charge >= 0.3 is 0 Å². The summed E-state index contributed by atoms with van der Waals surface area (Å²) in [6.07, 6.45) is 2.67. The summed E-state index contributed by atoms with van der Waals surface area (Å²) in [6.45, 7) is 4.12. The number of halogens is 1. The molecule has 2 rings (SSSR count). The van der Waals surface area contributed by atoms with Gasteiger partial charge in [0.2, 0.25) is 0 Å². The molecule has 4 nitrogen and oxygen atoms in total. The molecule has 0 saturated carbocycles. The second kappa shape index (κ2) is 7.82. The molecule has 0 amide bonds. The molecule has 0 bridgehead atoms. The van der Waals surface area contributed by atoms with Crippen molar-refractivity contribution in [1.29, 1.82) is 0 Å². The van der Waals surface area contributed by atoms with Crippen LogP contribution in [0.1, 0.15) is 31.1 Å². The molecule has 1 unspecified atom stereocenters. The van der Waals surface area contributed by atoms with Gasteiger partial charge < -0.3 is 9.84 Å². The predicted octanol–water partition coefficient (Wildman–Crippen LogP) is 3.20. The predicted molar refractivity (Wildman–Crippen MR) is 83.8 cm³/mol. The Morgan fingerprint density at radius 3 is 2.70 bits per heavy atom. The minimum atomic E-state index is 0. The minimum Gasteiger partial charge on any atom is -0.335 e. The Balaban J connectivity index is 0.00000200. The van der Waals surface area contributed by atoms with E-state index in [2.05, 4.69) is 34.5 Å². The third kappa shape index (κ3) is 4.47. The molecule has 20 heavy (non-hydrogen) atoms. The zero-order valence-corrected chi connectivity index (χ0v) is 12.8. The molecule has 0 fully saturated rings. The maximum Gasteiger partial charge on any atom is 0.250 e. The van der Waals surface area contributed by atoms with Gasteiger partial charge in [-0.2, -0.15) is 4.98 Å². The second-order valence-corrected chi connectivity index (χ2v) is 4.64. The van der Waals surface area contributed by atoms with E-state index in [9.17, 15) is 0 Å². The van der Waals surface area contributed by atoms with Crippen LogP contribution in [-0.4, -0.2) is 23.2 Å². The average molecular weight is 294 g/mol. The Morgan fingerprint density at radius 2 is 2.05 bits per heavy atom. The van der Waals surface area contributed by atoms with Gasteiger partial charge in [0.25, 0.3) is 5.89 Å². The molecule has 0 saturated heterocycles. The van der Waals surface area contributed by atoms with Gasteiger partial charge in [-0.15, -0.1) is 12.4 Å². The van der Waals surface area contributed by atoms with E-state index in [1.54, 1.807) is 0 Å². The van der Waals surface area contributed by atoms with E-state index >= 15 is 0 Å². The molecule has 1 aromatic carbocycles. The number of hydrogen-bond acceptors (Lipinski definition) is 4. The molecular weight excluding hydrogens is 274 g/mol. The lowest BCUT2D eigenvalue weighted by molar-refractivity contribution is 0.400. The van der Waals surface area contributed by atoms with E-state index in [0.29, 0.717) is 11.9 Å². The lowest BCUT2D eigenvalue weighted by Crippen LogP contribution is -2.24. The van der Waals surface area contributed by atoms with Crippen molar-refractivity contribution in [3.63, 3.8) is 0 Å². The van der Waals surface area contributed by atoms with Crippen LogP contribution in [0.4, 0.5) is 0 Å². The summed E-state index contributed by atoms with van der Waals surface area (Å²) in [5, 5.41) is 7.13. The van der Waals surface area contributed by atoms with E-state index in [4.69, 9.17) is 4.52 Å². The highest BCUT2D eigenvalue weighted by atomic mass is 35.5. The van der Waals surface area contributed by atoms with Gasteiger partial charge in [0.15, 0.2) is 5.82 Å². The Labute approximate surface area is 125 Å². The van der Waals surface area contributed by atoms with Gasteiger partial charge in [-0.3, -0.25) is 0 Å². The van der Waals surface area contributed by atoms with Crippen molar-refractivity contribution in [1.82, 2.24) is 15.5 Å². The Morgan fingerprint density at radius 1 is 1.35 bits per heavy atom. The van der Waals surface area contributed by atoms with Crippen molar-refractivity contribution < 1.29 is 4.52 Å². The van der Waals surface area contributed by atoms with E-state index in [-0.39, 0.29) is 12.4 Å². The molecule has 5 heteroatoms. The van der Waals surface area contributed by atoms with Crippen molar-refractivity contribution in [3.05, 3.63) is 47.6 Å². The van der Waals surface area contributed by atoms with E-state index in [1.165, 1.54) is 0 Å². The highest BCUT2D eigenvalue weighted by molar-refractivity contribution is 5.85. The Kier molecular flexibility index (Phi) is 6.42. The molecule has 0 spiro atoms. The monoisotopic (exact) mass is 293 g/mol. The van der Waals surface area contributed by atoms with Crippen LogP contribution in [0.3, 0.4) is 0 Å². The first-order valence-corrected chi connectivity index (χ1v) is 6.42. The number of rotatable bonds is 5. The van der Waals surface area contributed by atoms with Gasteiger partial charge in [-0.25, -0.2) is 0 Å². The molecule has 1 heterocycles. The quantitative estimate of drug-likeness (QED) is 0.920. The molecule has 0 aliphatic heterocycles. The minimum absolute atomic E-state index is 0. The summed E-state index contributed by atoms with van der Waals surface area (Å²) in [6, 6.07) is 10.5. The van der Waals surface area contributed by atoms with Crippen molar-refractivity contribution in [2.75, 3.05) is 7.05 Å². The number of aromatic nitrogens is 2. The zero-order valence-electron chi connectivity index (χ0n) is 12.0. The molecular formula is C15H20ClN3O. The van der Waals surface area contributed by atoms with Crippen molar-refractivity contribution in [2.45, 2.75) is 26.3 Å². The first-order valence-electron chi connectivity index (χ1n) is 6.42. The number of nitrogens with one attached hydrogen (secondary N) is 1. The van der Waals surface area contributed by atoms with Gasteiger partial charge in [-0.05, 0) is 32.0 Å². The molecule has 0 aliphatic carbocycles. The van der Waals surface area contributed by atoms with Crippen LogP contribution in [0.15, 0.2) is 34.9 Å². The number of allylic oxidation sites excluding steroid dienone is 1. The Bertz CT molecular complexity index is 551. The van der Waals surface area contributed by atoms with Crippen LogP contribution < -0.4 is 5.32 Å². The van der Waals surface area contributed by atoms with Gasteiger partial charge in [0.1, 0.15) is 0 Å². The molecule has 1 N–H and O–H groups in total. The lowest BCUT2D eigenvalue weighted by Gasteiger charge is -2.04. The summed E-state index contributed by atoms with van der Waals surface area (Å²) in [5.74, 6) is 1.29. The number of nitrogens with zero attached hydrogens (tertiary/aromatic N) is 2. The average Bonchev–Trinajstić information content (AvgIpc) is 2.86. The first kappa shape index (κ1) is 16.4. The lowest BCUT2D eigenvalue weighted by atomic mass is 10.1. The van der Waals surface area contributed by atoms with Crippen molar-refractivity contribution in [3.8, 4) is 0 Å². The zero-order chi connectivity index (χ0) is 13.7. The molecule has 0 aliphatic rings. The fourth-order valence-corrected chi connectivity index (χ4v) is 1.75. The molecule has 0 radical (unpaired) electrons. The molecule has 1 aromatic heterocycles. The van der Waals surface area contributed by atoms with E-state index < -0.39 is 0 Å². The summed E-state index contributed by atoms with van der Waals surface area (Å²) in [4.78, 5) is 4.37. The van der Waals surface area contributed by atoms with Crippen LogP contribution in [0.5, 0.6) is 0 Å². The van der Waals surface area contributed by atoms with E-state index in [1.807, 2.05) is 38.2 Å². The smallest absolute Gasteiger partial charge is 0.250 e. The third-order valence-corrected chi connectivity index (χ3v) is 3.03. The SMILES string of the molecule is CNC(C)Cc1noc(/C=C(/C)c2ccccc2)n1.Cl. The summed E-state index contributed by atoms with van der Waals surface area (Å²) in [5.41, 5.74) is 2.27. The molecule has 2 aromatic rings. The number of hydrogen-bond donors (Lipinski definition) is 1. The van der Waals surface area contributed by atoms with Crippen molar-refractivity contribution in [2.24, 2.45) is 0 Å². The van der Waals surface area contributed by atoms with Gasteiger partial charge in [0, 0.05) is 18.5 Å². The van der Waals surface area contributed by atoms with E-state index in [0.717, 1.165) is 23.4 Å². The molecule has 108 valence electrons. The topological polar surface area (TPSA) is 51.0 Å². The maximum atomic E-state index is 5.24. The summed E-state index contributed by atoms with van der Waals surface area (Å²) >= 11 is 0. The number of benzene rings is 1. The summed E-state index contributed by atoms with van der Waals surface area (Å²) in [7, 11) is 1.92. The maximum absolute atomic E-state index is 5.24. The van der Waals surface area contributed by atoms with Crippen LogP contribution in [0, 0.1) is 0 Å². The largest absolute Gasteiger partial charge is 0.335 e. The van der Waals surface area contributed by atoms with Gasteiger partial charge in [-0.1, -0.05) is 35.5 Å². The summed E-state index contributed by atoms with van der Waals surface area (Å²) < 4.78 is 5.24. The number of likely N-dealkylation sites (N-methyl/N-ethyl adjacent to an activating group) is 1. The fraction of sp³-hybridized carbons (Fsp3) is 0.333. The van der Waals surface area contributed by atoms with Crippen LogP contribution in [0.2, 0.25) is 0 Å². The third-order valence-electron chi connectivity index (χ3n) is 3.03. The Hall–Kier alpha value is -1.65. The normalized spacial score (nSPS) is 12.8. The second-order valence-electron chi connectivity index (χ2n) is 4.64. The highest BCUT2D eigenvalue weighted by Crippen LogP contribution is 2.16. The van der Waals surface area contributed by atoms with Crippen LogP contribution in [0.25, 0.3) is 11.6 Å². The van der Waals surface area contributed by atoms with Crippen LogP contribution in [-0.2, 0) is 6.42 Å². The van der Waals surface area contributed by atoms with Crippen molar-refractivity contribution >= 4 is 24.1 Å². The highest BCUT2D eigenvalue weighted by Gasteiger charge is 2.08.